The first-order valence-electron chi connectivity index (χ1n) is 13.7. The number of benzene rings is 1. The van der Waals surface area contributed by atoms with Gasteiger partial charge in [-0.2, -0.15) is 0 Å². The van der Waals surface area contributed by atoms with Gasteiger partial charge in [-0.25, -0.2) is 22.5 Å². The molecule has 1 spiro atoms. The first-order chi connectivity index (χ1) is 19.1. The molecule has 3 aromatic rings. The molecule has 1 aromatic carbocycles. The van der Waals surface area contributed by atoms with Crippen LogP contribution in [-0.2, 0) is 10.0 Å². The lowest BCUT2D eigenvalue weighted by Gasteiger charge is -2.35. The van der Waals surface area contributed by atoms with E-state index in [0.717, 1.165) is 25.9 Å². The van der Waals surface area contributed by atoms with Gasteiger partial charge in [0.15, 0.2) is 11.4 Å². The van der Waals surface area contributed by atoms with Gasteiger partial charge in [0, 0.05) is 38.0 Å². The summed E-state index contributed by atoms with van der Waals surface area (Å²) in [6, 6.07) is 7.99. The van der Waals surface area contributed by atoms with E-state index < -0.39 is 21.6 Å². The number of halogens is 1. The second-order valence-electron chi connectivity index (χ2n) is 11.5. The number of hydrogen-bond donors (Lipinski definition) is 3. The summed E-state index contributed by atoms with van der Waals surface area (Å²) in [5.74, 6) is -0.0334. The van der Waals surface area contributed by atoms with Gasteiger partial charge in [0.05, 0.1) is 35.7 Å². The summed E-state index contributed by atoms with van der Waals surface area (Å²) in [4.78, 5) is 22.1. The van der Waals surface area contributed by atoms with E-state index in [2.05, 4.69) is 19.9 Å². The highest BCUT2D eigenvalue weighted by Gasteiger charge is 2.44. The predicted molar refractivity (Wildman–Crippen MR) is 150 cm³/mol. The molecular formula is C28H34FN5O5S. The normalized spacial score (nSPS) is 22.3. The number of rotatable bonds is 8. The van der Waals surface area contributed by atoms with Crippen molar-refractivity contribution in [3.63, 3.8) is 0 Å². The van der Waals surface area contributed by atoms with Crippen LogP contribution in [0.4, 0.5) is 21.6 Å². The number of anilines is 3. The maximum absolute atomic E-state index is 14.6. The number of hydrogen-bond acceptors (Lipinski definition) is 8. The zero-order valence-electron chi connectivity index (χ0n) is 22.5. The summed E-state index contributed by atoms with van der Waals surface area (Å²) in [5, 5.41) is 12.7. The maximum atomic E-state index is 14.6. The number of aromatic nitrogens is 1. The zero-order chi connectivity index (χ0) is 28.1. The molecule has 4 heterocycles. The third kappa shape index (κ3) is 5.27. The van der Waals surface area contributed by atoms with Crippen molar-refractivity contribution >= 4 is 44.1 Å². The van der Waals surface area contributed by atoms with E-state index in [-0.39, 0.29) is 30.3 Å². The van der Waals surface area contributed by atoms with Crippen molar-refractivity contribution in [1.29, 1.82) is 0 Å². The summed E-state index contributed by atoms with van der Waals surface area (Å²) in [5.41, 5.74) is 0.813. The van der Waals surface area contributed by atoms with Gasteiger partial charge in [-0.3, -0.25) is 4.79 Å². The molecule has 2 saturated heterocycles. The lowest BCUT2D eigenvalue weighted by molar-refractivity contribution is 0.102. The fourth-order valence-electron chi connectivity index (χ4n) is 5.79. The molecule has 0 radical (unpaired) electrons. The van der Waals surface area contributed by atoms with Gasteiger partial charge in [-0.05, 0) is 68.4 Å². The lowest BCUT2D eigenvalue weighted by Crippen LogP contribution is -2.35. The van der Waals surface area contributed by atoms with Gasteiger partial charge in [0.25, 0.3) is 5.91 Å². The van der Waals surface area contributed by atoms with Crippen molar-refractivity contribution in [1.82, 2.24) is 9.71 Å². The number of amides is 1. The highest BCUT2D eigenvalue weighted by molar-refractivity contribution is 7.89. The van der Waals surface area contributed by atoms with Crippen LogP contribution in [0.1, 0.15) is 49.5 Å². The van der Waals surface area contributed by atoms with Crippen LogP contribution in [-0.4, -0.2) is 69.4 Å². The quantitative estimate of drug-likeness (QED) is 0.374. The zero-order valence-corrected chi connectivity index (χ0v) is 23.3. The third-order valence-corrected chi connectivity index (χ3v) is 9.89. The van der Waals surface area contributed by atoms with E-state index in [1.807, 2.05) is 0 Å². The Hall–Kier alpha value is -3.22. The van der Waals surface area contributed by atoms with Crippen molar-refractivity contribution in [3.05, 3.63) is 42.3 Å². The minimum atomic E-state index is -3.84. The Bertz CT molecular complexity index is 1540. The van der Waals surface area contributed by atoms with Crippen LogP contribution in [0.2, 0.25) is 0 Å². The molecule has 3 aliphatic rings. The monoisotopic (exact) mass is 571 g/mol. The molecule has 0 bridgehead atoms. The van der Waals surface area contributed by atoms with Crippen LogP contribution in [0.5, 0.6) is 0 Å². The summed E-state index contributed by atoms with van der Waals surface area (Å²) in [7, 11) is -3.84. The van der Waals surface area contributed by atoms with Gasteiger partial charge >= 0.3 is 0 Å². The maximum Gasteiger partial charge on any atom is 0.274 e. The Morgan fingerprint density at radius 3 is 2.52 bits per heavy atom. The molecule has 1 amide bonds. The molecule has 3 N–H and O–H groups in total. The highest BCUT2D eigenvalue weighted by atomic mass is 32.2. The number of aliphatic hydroxyl groups is 1. The summed E-state index contributed by atoms with van der Waals surface area (Å²) < 4.78 is 48.3. The molecule has 6 rings (SSSR count). The number of aliphatic hydroxyl groups excluding tert-OH is 1. The third-order valence-electron chi connectivity index (χ3n) is 8.43. The standard InChI is InChI=1S/C28H34FN5O5S/c1-27(29)7-11-34(18-27)25-24-19(4-15-39-24)16-22(31-25)26(36)32-21-3-2-20(40(37,38)30-10-14-35)17-23(21)33-12-8-28(5-6-28)9-13-33/h2-4,15-17,30,35H,5-14,18H2,1H3,(H,32,36). The van der Waals surface area contributed by atoms with Crippen LogP contribution >= 0.6 is 0 Å². The van der Waals surface area contributed by atoms with E-state index in [0.29, 0.717) is 46.5 Å². The van der Waals surface area contributed by atoms with Crippen LogP contribution in [0.15, 0.2) is 45.9 Å². The van der Waals surface area contributed by atoms with Gasteiger partial charge in [0.1, 0.15) is 11.4 Å². The molecule has 1 atom stereocenters. The minimum Gasteiger partial charge on any atom is -0.460 e. The lowest BCUT2D eigenvalue weighted by atomic mass is 9.93. The van der Waals surface area contributed by atoms with Crippen molar-refractivity contribution in [2.24, 2.45) is 5.41 Å². The van der Waals surface area contributed by atoms with E-state index in [1.165, 1.54) is 25.2 Å². The molecule has 10 nitrogen and oxygen atoms in total. The molecule has 12 heteroatoms. The number of sulfonamides is 1. The Kier molecular flexibility index (Phi) is 6.75. The number of fused-ring (bicyclic) bond motifs is 1. The van der Waals surface area contributed by atoms with Crippen molar-refractivity contribution < 1.29 is 27.1 Å². The average molecular weight is 572 g/mol. The molecule has 2 aromatic heterocycles. The number of pyridine rings is 1. The number of nitrogens with zero attached hydrogens (tertiary/aromatic N) is 3. The minimum absolute atomic E-state index is 0.0594. The second-order valence-corrected chi connectivity index (χ2v) is 13.3. The Labute approximate surface area is 232 Å². The fraction of sp³-hybridized carbons (Fsp3) is 0.500. The summed E-state index contributed by atoms with van der Waals surface area (Å²) >= 11 is 0. The van der Waals surface area contributed by atoms with Gasteiger partial charge in [-0.15, -0.1) is 0 Å². The number of nitrogens with one attached hydrogen (secondary N) is 2. The molecular weight excluding hydrogens is 537 g/mol. The first-order valence-corrected chi connectivity index (χ1v) is 15.2. The smallest absolute Gasteiger partial charge is 0.274 e. The van der Waals surface area contributed by atoms with Gasteiger partial charge in [0.2, 0.25) is 10.0 Å². The Morgan fingerprint density at radius 1 is 1.10 bits per heavy atom. The predicted octanol–water partition coefficient (Wildman–Crippen LogP) is 3.67. The number of piperidine rings is 1. The molecule has 1 saturated carbocycles. The topological polar surface area (TPSA) is 128 Å². The average Bonchev–Trinajstić information content (AvgIpc) is 3.33. The van der Waals surface area contributed by atoms with Crippen LogP contribution in [0.3, 0.4) is 0 Å². The molecule has 1 unspecified atom stereocenters. The number of alkyl halides is 1. The second kappa shape index (κ2) is 10.0. The molecule has 40 heavy (non-hydrogen) atoms. The molecule has 1 aliphatic carbocycles. The number of furan rings is 1. The number of carbonyl (C=O) groups excluding carboxylic acids is 1. The van der Waals surface area contributed by atoms with Crippen LogP contribution in [0, 0.1) is 5.41 Å². The van der Waals surface area contributed by atoms with Crippen molar-refractivity contribution in [2.45, 2.75) is 49.6 Å². The SMILES string of the molecule is CC1(F)CCN(c2nc(C(=O)Nc3ccc(S(=O)(=O)NCCO)cc3N3CCC4(CC3)CC4)cc3ccoc23)C1. The van der Waals surface area contributed by atoms with E-state index >= 15 is 0 Å². The van der Waals surface area contributed by atoms with Gasteiger partial charge in [-0.1, -0.05) is 0 Å². The Morgan fingerprint density at radius 2 is 1.85 bits per heavy atom. The van der Waals surface area contributed by atoms with Crippen LogP contribution in [0.25, 0.3) is 11.0 Å². The van der Waals surface area contributed by atoms with Crippen molar-refractivity contribution in [2.75, 3.05) is 54.4 Å². The van der Waals surface area contributed by atoms with E-state index in [4.69, 9.17) is 9.52 Å². The van der Waals surface area contributed by atoms with E-state index in [9.17, 15) is 17.6 Å². The molecule has 2 aliphatic heterocycles. The van der Waals surface area contributed by atoms with Crippen LogP contribution < -0.4 is 19.8 Å². The summed E-state index contributed by atoms with van der Waals surface area (Å²) in [6.07, 6.45) is 6.38. The summed E-state index contributed by atoms with van der Waals surface area (Å²) in [6.45, 7) is 3.29. The van der Waals surface area contributed by atoms with Gasteiger partial charge < -0.3 is 24.6 Å². The Balaban J connectivity index is 1.32. The van der Waals surface area contributed by atoms with Crippen molar-refractivity contribution in [3.8, 4) is 0 Å². The highest BCUT2D eigenvalue weighted by Crippen LogP contribution is 2.54. The first kappa shape index (κ1) is 27.0. The number of carbonyl (C=O) groups is 1. The van der Waals surface area contributed by atoms with E-state index in [1.54, 1.807) is 36.1 Å². The molecule has 214 valence electrons. The largest absolute Gasteiger partial charge is 0.460 e. The fourth-order valence-corrected chi connectivity index (χ4v) is 6.83. The molecule has 3 fully saturated rings.